The molecule has 2 aromatic carbocycles. The van der Waals surface area contributed by atoms with E-state index in [2.05, 4.69) is 10.2 Å². The summed E-state index contributed by atoms with van der Waals surface area (Å²) in [7, 11) is 0. The third kappa shape index (κ3) is 7.08. The molecule has 6 nitrogen and oxygen atoms in total. The van der Waals surface area contributed by atoms with Gasteiger partial charge in [-0.15, -0.1) is 10.2 Å². The van der Waals surface area contributed by atoms with E-state index in [0.717, 1.165) is 29.5 Å². The van der Waals surface area contributed by atoms with E-state index in [1.54, 1.807) is 0 Å². The number of hydrogen-bond acceptors (Lipinski definition) is 7. The highest BCUT2D eigenvalue weighted by molar-refractivity contribution is 7.14. The Morgan fingerprint density at radius 1 is 0.889 bits per heavy atom. The van der Waals surface area contributed by atoms with Gasteiger partial charge < -0.3 is 20.3 Å². The second-order valence-corrected chi connectivity index (χ2v) is 9.10. The normalized spacial score (nSPS) is 13.9. The number of hydrogen-bond donors (Lipinski definition) is 2. The lowest BCUT2D eigenvalue weighted by atomic mass is 10.1. The van der Waals surface area contributed by atoms with Gasteiger partial charge in [0.05, 0.1) is 36.5 Å². The SMILES string of the molecule is C[C@](N)(CO)c1nnc(-c2ccc(OCCCCOc3ccc(C(F)(F)F)cc3)c(C(F)(F)F)c2)s1. The molecule has 0 saturated heterocycles. The minimum atomic E-state index is -4.68. The zero-order chi connectivity index (χ0) is 26.6. The molecule has 13 heteroatoms. The van der Waals surface area contributed by atoms with E-state index in [0.29, 0.717) is 12.8 Å². The first-order chi connectivity index (χ1) is 16.8. The van der Waals surface area contributed by atoms with Crippen molar-refractivity contribution in [1.82, 2.24) is 10.2 Å². The highest BCUT2D eigenvalue weighted by Gasteiger charge is 2.35. The van der Waals surface area contributed by atoms with Gasteiger partial charge in [-0.2, -0.15) is 26.3 Å². The van der Waals surface area contributed by atoms with Crippen LogP contribution in [0.2, 0.25) is 0 Å². The topological polar surface area (TPSA) is 90.5 Å². The fourth-order valence-corrected chi connectivity index (χ4v) is 3.85. The summed E-state index contributed by atoms with van der Waals surface area (Å²) in [5.74, 6) is -0.0914. The van der Waals surface area contributed by atoms with E-state index in [-0.39, 0.29) is 40.3 Å². The maximum Gasteiger partial charge on any atom is 0.419 e. The van der Waals surface area contributed by atoms with Gasteiger partial charge in [0.15, 0.2) is 0 Å². The molecule has 0 amide bonds. The Kier molecular flexibility index (Phi) is 8.47. The zero-order valence-electron chi connectivity index (χ0n) is 19.0. The van der Waals surface area contributed by atoms with Crippen LogP contribution in [0, 0.1) is 0 Å². The maximum atomic E-state index is 13.7. The molecule has 3 rings (SSSR count). The van der Waals surface area contributed by atoms with Crippen molar-refractivity contribution in [2.75, 3.05) is 19.8 Å². The lowest BCUT2D eigenvalue weighted by Gasteiger charge is -2.17. The average Bonchev–Trinajstić information content (AvgIpc) is 3.32. The third-order valence-electron chi connectivity index (χ3n) is 5.02. The monoisotopic (exact) mass is 535 g/mol. The number of ether oxygens (including phenoxy) is 2. The molecule has 0 saturated carbocycles. The molecule has 0 fully saturated rings. The summed E-state index contributed by atoms with van der Waals surface area (Å²) in [6, 6.07) is 7.76. The summed E-state index contributed by atoms with van der Waals surface area (Å²) in [5, 5.41) is 17.6. The number of unbranched alkanes of at least 4 members (excludes halogenated alkanes) is 1. The summed E-state index contributed by atoms with van der Waals surface area (Å²) in [6.07, 6.45) is -8.35. The largest absolute Gasteiger partial charge is 0.494 e. The Morgan fingerprint density at radius 2 is 1.53 bits per heavy atom. The molecular formula is C23H23F6N3O3S. The number of halogens is 6. The smallest absolute Gasteiger partial charge is 0.419 e. The van der Waals surface area contributed by atoms with Gasteiger partial charge in [-0.25, -0.2) is 0 Å². The number of rotatable bonds is 10. The highest BCUT2D eigenvalue weighted by Crippen LogP contribution is 2.40. The quantitative estimate of drug-likeness (QED) is 0.258. The van der Waals surface area contributed by atoms with Crippen LogP contribution in [-0.4, -0.2) is 35.1 Å². The molecular weight excluding hydrogens is 512 g/mol. The lowest BCUT2D eigenvalue weighted by Crippen LogP contribution is -2.36. The second kappa shape index (κ2) is 11.0. The molecule has 3 N–H and O–H groups in total. The predicted octanol–water partition coefficient (Wildman–Crippen LogP) is 5.65. The van der Waals surface area contributed by atoms with E-state index in [9.17, 15) is 31.4 Å². The van der Waals surface area contributed by atoms with Crippen LogP contribution in [-0.2, 0) is 17.9 Å². The van der Waals surface area contributed by atoms with Crippen molar-refractivity contribution in [3.05, 3.63) is 58.6 Å². The van der Waals surface area contributed by atoms with Crippen LogP contribution >= 0.6 is 11.3 Å². The fourth-order valence-electron chi connectivity index (χ4n) is 2.97. The number of aliphatic hydroxyl groups excluding tert-OH is 1. The van der Waals surface area contributed by atoms with Gasteiger partial charge in [-0.1, -0.05) is 11.3 Å². The first kappa shape index (κ1) is 27.7. The van der Waals surface area contributed by atoms with Crippen molar-refractivity contribution in [2.45, 2.75) is 37.7 Å². The number of nitrogens with two attached hydrogens (primary N) is 1. The number of nitrogens with zero attached hydrogens (tertiary/aromatic N) is 2. The first-order valence-electron chi connectivity index (χ1n) is 10.7. The van der Waals surface area contributed by atoms with Crippen molar-refractivity contribution in [1.29, 1.82) is 0 Å². The van der Waals surface area contributed by atoms with E-state index in [1.165, 1.54) is 31.2 Å². The molecule has 3 aromatic rings. The van der Waals surface area contributed by atoms with Crippen LogP contribution in [0.1, 0.15) is 35.9 Å². The van der Waals surface area contributed by atoms with E-state index in [4.69, 9.17) is 15.2 Å². The summed E-state index contributed by atoms with van der Waals surface area (Å²) in [5.41, 5.74) is 3.15. The van der Waals surface area contributed by atoms with Gasteiger partial charge in [0.2, 0.25) is 0 Å². The van der Waals surface area contributed by atoms with Gasteiger partial charge in [-0.05, 0) is 62.2 Å². The number of aromatic nitrogens is 2. The van der Waals surface area contributed by atoms with E-state index in [1.807, 2.05) is 0 Å². The zero-order valence-corrected chi connectivity index (χ0v) is 19.8. The van der Waals surface area contributed by atoms with Crippen LogP contribution in [0.3, 0.4) is 0 Å². The molecule has 0 aliphatic carbocycles. The molecule has 1 atom stereocenters. The summed E-state index contributed by atoms with van der Waals surface area (Å²) in [6.45, 7) is 1.26. The Balaban J connectivity index is 1.57. The first-order valence-corrected chi connectivity index (χ1v) is 11.5. The summed E-state index contributed by atoms with van der Waals surface area (Å²) < 4.78 is 89.4. The van der Waals surface area contributed by atoms with Crippen molar-refractivity contribution in [2.24, 2.45) is 5.73 Å². The second-order valence-electron chi connectivity index (χ2n) is 8.12. The molecule has 36 heavy (non-hydrogen) atoms. The van der Waals surface area contributed by atoms with E-state index >= 15 is 0 Å². The van der Waals surface area contributed by atoms with Gasteiger partial charge in [0.1, 0.15) is 21.5 Å². The van der Waals surface area contributed by atoms with Crippen LogP contribution in [0.25, 0.3) is 10.6 Å². The summed E-state index contributed by atoms with van der Waals surface area (Å²) >= 11 is 0.985. The van der Waals surface area contributed by atoms with Crippen LogP contribution in [0.4, 0.5) is 26.3 Å². The third-order valence-corrected chi connectivity index (χ3v) is 6.27. The maximum absolute atomic E-state index is 13.7. The van der Waals surface area contributed by atoms with Crippen molar-refractivity contribution >= 4 is 11.3 Å². The molecule has 0 aliphatic rings. The van der Waals surface area contributed by atoms with Crippen molar-refractivity contribution < 1.29 is 40.9 Å². The van der Waals surface area contributed by atoms with Gasteiger partial charge in [0, 0.05) is 5.56 Å². The number of benzene rings is 2. The number of alkyl halides is 6. The molecule has 196 valence electrons. The van der Waals surface area contributed by atoms with Crippen LogP contribution in [0.15, 0.2) is 42.5 Å². The van der Waals surface area contributed by atoms with Gasteiger partial charge >= 0.3 is 12.4 Å². The van der Waals surface area contributed by atoms with Gasteiger partial charge in [-0.3, -0.25) is 0 Å². The predicted molar refractivity (Wildman–Crippen MR) is 121 cm³/mol. The van der Waals surface area contributed by atoms with Crippen molar-refractivity contribution in [3.63, 3.8) is 0 Å². The number of aliphatic hydroxyl groups is 1. The molecule has 1 heterocycles. The highest BCUT2D eigenvalue weighted by atomic mass is 32.1. The Hall–Kier alpha value is -2.90. The Labute approximate surface area is 206 Å². The Bertz CT molecular complexity index is 1150. The van der Waals surface area contributed by atoms with Crippen LogP contribution < -0.4 is 15.2 Å². The molecule has 0 radical (unpaired) electrons. The molecule has 0 unspecified atom stereocenters. The Morgan fingerprint density at radius 3 is 2.11 bits per heavy atom. The summed E-state index contributed by atoms with van der Waals surface area (Å²) in [4.78, 5) is 0. The fraction of sp³-hybridized carbons (Fsp3) is 0.391. The minimum absolute atomic E-state index is 0.0240. The van der Waals surface area contributed by atoms with E-state index < -0.39 is 35.6 Å². The molecule has 0 spiro atoms. The standard InChI is InChI=1S/C23H23F6N3O3S/c1-21(30,13-33)20-32-31-19(36-20)14-4-9-18(17(12-14)23(27,28)29)35-11-3-2-10-34-16-7-5-15(6-8-16)22(24,25)26/h4-9,12,33H,2-3,10-11,13,30H2,1H3/t21-/m0/s1. The van der Waals surface area contributed by atoms with Crippen molar-refractivity contribution in [3.8, 4) is 22.1 Å². The lowest BCUT2D eigenvalue weighted by molar-refractivity contribution is -0.139. The van der Waals surface area contributed by atoms with Gasteiger partial charge in [0.25, 0.3) is 0 Å². The molecule has 0 bridgehead atoms. The average molecular weight is 536 g/mol. The van der Waals surface area contributed by atoms with Crippen LogP contribution in [0.5, 0.6) is 11.5 Å². The molecule has 0 aliphatic heterocycles. The molecule has 1 aromatic heterocycles. The minimum Gasteiger partial charge on any atom is -0.494 e.